The number of hydrogen-bond donors (Lipinski definition) is 3. The third kappa shape index (κ3) is 5.87. The van der Waals surface area contributed by atoms with E-state index in [1.54, 1.807) is 25.1 Å². The first-order valence-corrected chi connectivity index (χ1v) is 17.4. The number of anilines is 1. The Bertz CT molecular complexity index is 1910. The molecule has 6 unspecified atom stereocenters. The van der Waals surface area contributed by atoms with Gasteiger partial charge in [0.05, 0.1) is 35.5 Å². The monoisotopic (exact) mass is 717 g/mol. The first kappa shape index (κ1) is 33.2. The van der Waals surface area contributed by atoms with Gasteiger partial charge in [0.1, 0.15) is 0 Å². The Hall–Kier alpha value is -4.31. The third-order valence-electron chi connectivity index (χ3n) is 9.82. The molecule has 3 heterocycles. The molecule has 7 atom stereocenters. The van der Waals surface area contributed by atoms with E-state index in [1.807, 2.05) is 0 Å². The van der Waals surface area contributed by atoms with Crippen molar-refractivity contribution < 1.29 is 46.9 Å². The van der Waals surface area contributed by atoms with Gasteiger partial charge in [0.25, 0.3) is 5.91 Å². The molecular formula is C33H30F3N3O8S2. The molecule has 3 N–H and O–H groups in total. The minimum atomic E-state index is -4.56. The number of likely N-dealkylation sites (tertiary alicyclic amines) is 1. The molecule has 258 valence electrons. The number of carbonyl (C=O) groups is 4. The average molecular weight is 718 g/mol. The van der Waals surface area contributed by atoms with Crippen LogP contribution in [0.15, 0.2) is 52.3 Å². The Morgan fingerprint density at radius 1 is 1.04 bits per heavy atom. The minimum Gasteiger partial charge on any atom is -0.490 e. The van der Waals surface area contributed by atoms with Crippen LogP contribution in [0, 0.1) is 29.6 Å². The number of H-pyrrole nitrogens is 1. The third-order valence-corrected chi connectivity index (χ3v) is 12.4. The van der Waals surface area contributed by atoms with Crippen molar-refractivity contribution in [3.8, 4) is 11.5 Å². The number of aromatic amines is 1. The first-order valence-electron chi connectivity index (χ1n) is 15.7. The summed E-state index contributed by atoms with van der Waals surface area (Å²) in [7, 11) is 0. The molecule has 0 spiro atoms. The van der Waals surface area contributed by atoms with Crippen molar-refractivity contribution in [2.75, 3.05) is 25.1 Å². The van der Waals surface area contributed by atoms with Crippen LogP contribution in [0.25, 0.3) is 0 Å². The van der Waals surface area contributed by atoms with E-state index in [0.717, 1.165) is 43.8 Å². The molecule has 4 aliphatic rings. The van der Waals surface area contributed by atoms with Crippen molar-refractivity contribution in [2.24, 2.45) is 29.6 Å². The zero-order valence-electron chi connectivity index (χ0n) is 25.8. The molecule has 3 amide bonds. The van der Waals surface area contributed by atoms with E-state index in [4.69, 9.17) is 9.47 Å². The lowest BCUT2D eigenvalue weighted by atomic mass is 9.68. The summed E-state index contributed by atoms with van der Waals surface area (Å²) < 4.78 is 50.9. The number of alkyl halides is 3. The van der Waals surface area contributed by atoms with E-state index in [9.17, 15) is 42.3 Å². The maximum atomic E-state index is 13.6. The number of amides is 3. The zero-order chi connectivity index (χ0) is 34.8. The van der Waals surface area contributed by atoms with Gasteiger partial charge in [0, 0.05) is 28.3 Å². The normalized spacial score (nSPS) is 26.7. The summed E-state index contributed by atoms with van der Waals surface area (Å²) in [6.45, 7) is 1.35. The van der Waals surface area contributed by atoms with Crippen LogP contribution in [0.3, 0.4) is 0 Å². The molecule has 7 rings (SSSR count). The fourth-order valence-electron chi connectivity index (χ4n) is 8.10. The molecule has 2 aliphatic heterocycles. The number of aromatic nitrogens is 1. The fourth-order valence-corrected chi connectivity index (χ4v) is 11.0. The number of thioether (sulfide) groups is 1. The van der Waals surface area contributed by atoms with Gasteiger partial charge in [-0.3, -0.25) is 28.9 Å². The Morgan fingerprint density at radius 2 is 1.80 bits per heavy atom. The van der Waals surface area contributed by atoms with Crippen molar-refractivity contribution in [3.63, 3.8) is 0 Å². The van der Waals surface area contributed by atoms with Crippen LogP contribution in [0.1, 0.15) is 41.7 Å². The summed E-state index contributed by atoms with van der Waals surface area (Å²) >= 11 is 2.62. The number of thiazole rings is 1. The number of nitrogens with zero attached hydrogens (tertiary/aromatic N) is 1. The average Bonchev–Trinajstić information content (AvgIpc) is 3.78. The number of fused-ring (bicyclic) bond motifs is 9. The van der Waals surface area contributed by atoms with E-state index < -0.39 is 42.1 Å². The Balaban J connectivity index is 1.15. The number of rotatable bonds is 10. The highest BCUT2D eigenvalue weighted by atomic mass is 32.2. The number of carboxylic acid groups (broad SMARTS) is 1. The second kappa shape index (κ2) is 12.5. The zero-order valence-corrected chi connectivity index (χ0v) is 27.5. The smallest absolute Gasteiger partial charge is 0.416 e. The SMILES string of the molecule is CCOc1cc([C@H]2c3sc(=O)[nH]c3SC3C4CC(C5C(=O)N(CCC(=O)O)C(=O)C45)C32)ccc1OCC(=O)Nc1cccc(C(F)(F)F)c1. The fraction of sp³-hybridized carbons (Fsp3) is 0.424. The predicted octanol–water partition coefficient (Wildman–Crippen LogP) is 4.82. The van der Waals surface area contributed by atoms with Gasteiger partial charge in [-0.15, -0.1) is 11.8 Å². The number of carboxylic acids is 1. The van der Waals surface area contributed by atoms with Crippen LogP contribution in [0.5, 0.6) is 11.5 Å². The molecular weight excluding hydrogens is 688 g/mol. The second-order valence-electron chi connectivity index (χ2n) is 12.5. The largest absolute Gasteiger partial charge is 0.490 e. The summed E-state index contributed by atoms with van der Waals surface area (Å²) in [6.07, 6.45) is -4.22. The van der Waals surface area contributed by atoms with Gasteiger partial charge in [-0.25, -0.2) is 0 Å². The first-order chi connectivity index (χ1) is 23.3. The van der Waals surface area contributed by atoms with Crippen molar-refractivity contribution in [2.45, 2.75) is 42.1 Å². The van der Waals surface area contributed by atoms with Crippen LogP contribution >= 0.6 is 23.1 Å². The number of ether oxygens (including phenoxy) is 2. The lowest BCUT2D eigenvalue weighted by Crippen LogP contribution is -2.42. The molecule has 1 aromatic heterocycles. The summed E-state index contributed by atoms with van der Waals surface area (Å²) in [5, 5.41) is 12.2. The van der Waals surface area contributed by atoms with Gasteiger partial charge in [0.2, 0.25) is 11.8 Å². The molecule has 2 bridgehead atoms. The second-order valence-corrected chi connectivity index (χ2v) is 14.7. The molecule has 0 radical (unpaired) electrons. The quantitative estimate of drug-likeness (QED) is 0.251. The number of hydrogen-bond acceptors (Lipinski definition) is 9. The van der Waals surface area contributed by atoms with Gasteiger partial charge in [-0.05, 0) is 67.0 Å². The molecule has 3 fully saturated rings. The van der Waals surface area contributed by atoms with E-state index in [-0.39, 0.29) is 76.6 Å². The predicted molar refractivity (Wildman–Crippen MR) is 171 cm³/mol. The summed E-state index contributed by atoms with van der Waals surface area (Å²) in [6, 6.07) is 9.49. The summed E-state index contributed by atoms with van der Waals surface area (Å²) in [5.41, 5.74) is -0.139. The Kier molecular flexibility index (Phi) is 8.49. The van der Waals surface area contributed by atoms with Crippen LogP contribution < -0.4 is 19.7 Å². The molecule has 2 saturated carbocycles. The highest BCUT2D eigenvalue weighted by Gasteiger charge is 2.69. The molecule has 2 aromatic carbocycles. The maximum absolute atomic E-state index is 13.6. The van der Waals surface area contributed by atoms with Crippen LogP contribution in [-0.2, 0) is 25.4 Å². The number of aliphatic carboxylic acids is 1. The lowest BCUT2D eigenvalue weighted by molar-refractivity contribution is -0.143. The van der Waals surface area contributed by atoms with Crippen LogP contribution in [0.2, 0.25) is 0 Å². The van der Waals surface area contributed by atoms with E-state index >= 15 is 0 Å². The molecule has 3 aromatic rings. The molecule has 2 aliphatic carbocycles. The van der Waals surface area contributed by atoms with Gasteiger partial charge >= 0.3 is 17.0 Å². The van der Waals surface area contributed by atoms with E-state index in [1.165, 1.54) is 23.9 Å². The van der Waals surface area contributed by atoms with Crippen molar-refractivity contribution in [1.29, 1.82) is 0 Å². The lowest BCUT2D eigenvalue weighted by Gasteiger charge is -2.43. The van der Waals surface area contributed by atoms with Crippen LogP contribution in [0.4, 0.5) is 18.9 Å². The molecule has 49 heavy (non-hydrogen) atoms. The van der Waals surface area contributed by atoms with E-state index in [2.05, 4.69) is 10.3 Å². The summed E-state index contributed by atoms with van der Waals surface area (Å²) in [5.74, 6) is -3.67. The van der Waals surface area contributed by atoms with Gasteiger partial charge in [-0.2, -0.15) is 13.2 Å². The number of benzene rings is 2. The van der Waals surface area contributed by atoms with Crippen molar-refractivity contribution in [3.05, 3.63) is 68.1 Å². The highest BCUT2D eigenvalue weighted by molar-refractivity contribution is 8.00. The number of imide groups is 1. The van der Waals surface area contributed by atoms with Gasteiger partial charge < -0.3 is 24.9 Å². The number of nitrogens with one attached hydrogen (secondary N) is 2. The molecule has 1 saturated heterocycles. The minimum absolute atomic E-state index is 0.0321. The highest BCUT2D eigenvalue weighted by Crippen LogP contribution is 2.68. The number of halogens is 3. The maximum Gasteiger partial charge on any atom is 0.416 e. The van der Waals surface area contributed by atoms with Gasteiger partial charge in [0.15, 0.2) is 18.1 Å². The molecule has 11 nitrogen and oxygen atoms in total. The van der Waals surface area contributed by atoms with Crippen molar-refractivity contribution >= 4 is 52.5 Å². The molecule has 16 heteroatoms. The van der Waals surface area contributed by atoms with Crippen LogP contribution in [-0.4, -0.2) is 63.7 Å². The van der Waals surface area contributed by atoms with Crippen molar-refractivity contribution in [1.82, 2.24) is 9.88 Å². The Morgan fingerprint density at radius 3 is 2.51 bits per heavy atom. The topological polar surface area (TPSA) is 155 Å². The number of carbonyl (C=O) groups excluding carboxylic acids is 3. The Labute approximate surface area is 285 Å². The standard InChI is InChI=1S/C33H30F3N3O8S2/c1-2-46-20-10-14(6-7-19(20)47-13-21(40)37-16-5-3-4-15(11-16)33(34,35)36)23-24-17-12-18(27(24)48-29-28(23)49-32(45)38-29)26-25(17)30(43)39(31(26)44)9-8-22(41)42/h3-7,10-11,17-18,23-27H,2,8-9,12-13H2,1H3,(H,37,40)(H,38,45)(H,41,42)/t17?,18?,23-,24?,25?,26?,27?/m1/s1. The van der Waals surface area contributed by atoms with Gasteiger partial charge in [-0.1, -0.05) is 23.5 Å². The van der Waals surface area contributed by atoms with E-state index in [0.29, 0.717) is 12.2 Å². The summed E-state index contributed by atoms with van der Waals surface area (Å²) in [4.78, 5) is 68.1.